The molecule has 156 valence electrons. The molecule has 0 atom stereocenters. The Bertz CT molecular complexity index is 1040. The van der Waals surface area contributed by atoms with Crippen LogP contribution in [0.2, 0.25) is 5.02 Å². The Morgan fingerprint density at radius 2 is 2.10 bits per heavy atom. The Morgan fingerprint density at radius 3 is 2.83 bits per heavy atom. The first-order valence-corrected chi connectivity index (χ1v) is 10.0. The normalized spacial score (nSPS) is 14.1. The topological polar surface area (TPSA) is 111 Å². The van der Waals surface area contributed by atoms with Crippen LogP contribution in [0.1, 0.15) is 47.6 Å². The SMILES string of the molecule is NC(=O)c1cnc(Nc2cnn(C3CCCC3)c2)nc1NCc1c(F)cccc1Cl. The highest BCUT2D eigenvalue weighted by Crippen LogP contribution is 2.30. The van der Waals surface area contributed by atoms with E-state index in [1.54, 1.807) is 12.3 Å². The van der Waals surface area contributed by atoms with Crippen molar-refractivity contribution in [1.29, 1.82) is 0 Å². The lowest BCUT2D eigenvalue weighted by atomic mass is 10.2. The zero-order valence-electron chi connectivity index (χ0n) is 16.1. The van der Waals surface area contributed by atoms with Crippen LogP contribution in [0.5, 0.6) is 0 Å². The van der Waals surface area contributed by atoms with Gasteiger partial charge in [0.05, 0.1) is 23.5 Å². The average Bonchev–Trinajstić information content (AvgIpc) is 3.39. The second-order valence-electron chi connectivity index (χ2n) is 7.15. The largest absolute Gasteiger partial charge is 0.365 e. The summed E-state index contributed by atoms with van der Waals surface area (Å²) < 4.78 is 16.0. The maximum absolute atomic E-state index is 14.0. The van der Waals surface area contributed by atoms with Crippen LogP contribution in [0, 0.1) is 5.82 Å². The summed E-state index contributed by atoms with van der Waals surface area (Å²) in [6, 6.07) is 4.84. The number of nitrogens with two attached hydrogens (primary N) is 1. The fourth-order valence-electron chi connectivity index (χ4n) is 3.53. The molecule has 0 bridgehead atoms. The highest BCUT2D eigenvalue weighted by atomic mass is 35.5. The molecule has 2 aromatic heterocycles. The molecule has 1 aromatic carbocycles. The van der Waals surface area contributed by atoms with E-state index in [4.69, 9.17) is 17.3 Å². The Hall–Kier alpha value is -3.20. The molecule has 8 nitrogen and oxygen atoms in total. The lowest BCUT2D eigenvalue weighted by molar-refractivity contribution is 0.100. The fraction of sp³-hybridized carbons (Fsp3) is 0.300. The molecule has 1 aliphatic rings. The first-order valence-electron chi connectivity index (χ1n) is 9.66. The number of anilines is 3. The number of amides is 1. The molecule has 30 heavy (non-hydrogen) atoms. The molecule has 0 radical (unpaired) electrons. The summed E-state index contributed by atoms with van der Waals surface area (Å²) in [4.78, 5) is 20.2. The molecule has 1 aliphatic carbocycles. The van der Waals surface area contributed by atoms with Gasteiger partial charge in [0.15, 0.2) is 0 Å². The zero-order valence-corrected chi connectivity index (χ0v) is 16.9. The van der Waals surface area contributed by atoms with Crippen LogP contribution in [-0.4, -0.2) is 25.7 Å². The summed E-state index contributed by atoms with van der Waals surface area (Å²) in [6.07, 6.45) is 9.61. The molecule has 1 saturated carbocycles. The van der Waals surface area contributed by atoms with Crippen molar-refractivity contribution in [3.63, 3.8) is 0 Å². The first kappa shape index (κ1) is 20.1. The Kier molecular flexibility index (Phi) is 5.80. The van der Waals surface area contributed by atoms with Crippen molar-refractivity contribution in [2.45, 2.75) is 38.3 Å². The summed E-state index contributed by atoms with van der Waals surface area (Å²) in [5.41, 5.74) is 6.52. The molecule has 1 fully saturated rings. The van der Waals surface area contributed by atoms with Gasteiger partial charge in [0.25, 0.3) is 5.91 Å². The van der Waals surface area contributed by atoms with Crippen molar-refractivity contribution in [3.05, 3.63) is 58.8 Å². The highest BCUT2D eigenvalue weighted by molar-refractivity contribution is 6.31. The van der Waals surface area contributed by atoms with Gasteiger partial charge in [-0.1, -0.05) is 30.5 Å². The lowest BCUT2D eigenvalue weighted by Crippen LogP contribution is -2.17. The number of carbonyl (C=O) groups is 1. The third-order valence-corrected chi connectivity index (χ3v) is 5.46. The van der Waals surface area contributed by atoms with Gasteiger partial charge < -0.3 is 16.4 Å². The van der Waals surface area contributed by atoms with Crippen molar-refractivity contribution in [3.8, 4) is 0 Å². The number of primary amides is 1. The van der Waals surface area contributed by atoms with Gasteiger partial charge in [-0.15, -0.1) is 0 Å². The predicted molar refractivity (Wildman–Crippen MR) is 112 cm³/mol. The van der Waals surface area contributed by atoms with E-state index in [1.807, 2.05) is 10.9 Å². The van der Waals surface area contributed by atoms with E-state index in [-0.39, 0.29) is 34.5 Å². The van der Waals surface area contributed by atoms with Crippen LogP contribution in [0.3, 0.4) is 0 Å². The quantitative estimate of drug-likeness (QED) is 0.522. The van der Waals surface area contributed by atoms with Gasteiger partial charge in [0, 0.05) is 29.5 Å². The number of hydrogen-bond donors (Lipinski definition) is 3. The molecule has 2 heterocycles. The van der Waals surface area contributed by atoms with Crippen molar-refractivity contribution >= 4 is 35.0 Å². The lowest BCUT2D eigenvalue weighted by Gasteiger charge is -2.12. The number of halogens is 2. The molecular formula is C20H21ClFN7O. The Balaban J connectivity index is 1.53. The van der Waals surface area contributed by atoms with E-state index in [0.717, 1.165) is 18.5 Å². The van der Waals surface area contributed by atoms with Crippen molar-refractivity contribution < 1.29 is 9.18 Å². The smallest absolute Gasteiger partial charge is 0.254 e. The summed E-state index contributed by atoms with van der Waals surface area (Å²) in [7, 11) is 0. The molecule has 0 unspecified atom stereocenters. The van der Waals surface area contributed by atoms with Crippen LogP contribution < -0.4 is 16.4 Å². The van der Waals surface area contributed by atoms with E-state index >= 15 is 0 Å². The summed E-state index contributed by atoms with van der Waals surface area (Å²) >= 11 is 6.07. The third-order valence-electron chi connectivity index (χ3n) is 5.10. The highest BCUT2D eigenvalue weighted by Gasteiger charge is 2.18. The van der Waals surface area contributed by atoms with Gasteiger partial charge in [-0.3, -0.25) is 9.48 Å². The van der Waals surface area contributed by atoms with E-state index in [2.05, 4.69) is 25.7 Å². The second kappa shape index (κ2) is 8.66. The molecule has 0 aliphatic heterocycles. The van der Waals surface area contributed by atoms with Crippen LogP contribution in [0.25, 0.3) is 0 Å². The number of benzene rings is 1. The number of nitrogens with zero attached hydrogens (tertiary/aromatic N) is 4. The minimum Gasteiger partial charge on any atom is -0.365 e. The number of aromatic nitrogens is 4. The van der Waals surface area contributed by atoms with Gasteiger partial charge >= 0.3 is 0 Å². The van der Waals surface area contributed by atoms with Crippen LogP contribution >= 0.6 is 11.6 Å². The van der Waals surface area contributed by atoms with Gasteiger partial charge in [-0.2, -0.15) is 10.1 Å². The number of rotatable bonds is 7. The van der Waals surface area contributed by atoms with Gasteiger partial charge in [0.2, 0.25) is 5.95 Å². The third kappa shape index (κ3) is 4.35. The molecule has 3 aromatic rings. The summed E-state index contributed by atoms with van der Waals surface area (Å²) in [6.45, 7) is 0.0296. The molecular weight excluding hydrogens is 409 g/mol. The van der Waals surface area contributed by atoms with E-state index < -0.39 is 11.7 Å². The molecule has 4 N–H and O–H groups in total. The maximum Gasteiger partial charge on any atom is 0.254 e. The van der Waals surface area contributed by atoms with Crippen LogP contribution in [-0.2, 0) is 6.54 Å². The van der Waals surface area contributed by atoms with Crippen LogP contribution in [0.15, 0.2) is 36.8 Å². The average molecular weight is 430 g/mol. The number of nitrogens with one attached hydrogen (secondary N) is 2. The summed E-state index contributed by atoms with van der Waals surface area (Å²) in [5, 5.41) is 10.7. The van der Waals surface area contributed by atoms with Crippen molar-refractivity contribution in [1.82, 2.24) is 19.7 Å². The Labute approximate surface area is 177 Å². The van der Waals surface area contributed by atoms with E-state index in [0.29, 0.717) is 6.04 Å². The maximum atomic E-state index is 14.0. The Morgan fingerprint density at radius 1 is 1.30 bits per heavy atom. The summed E-state index contributed by atoms with van der Waals surface area (Å²) in [5.74, 6) is -0.712. The molecule has 1 amide bonds. The number of hydrogen-bond acceptors (Lipinski definition) is 6. The van der Waals surface area contributed by atoms with Crippen LogP contribution in [0.4, 0.5) is 21.8 Å². The molecule has 10 heteroatoms. The minimum atomic E-state index is -0.697. The van der Waals surface area contributed by atoms with Gasteiger partial charge in [-0.25, -0.2) is 9.37 Å². The minimum absolute atomic E-state index is 0.0296. The molecule has 0 spiro atoms. The predicted octanol–water partition coefficient (Wildman–Crippen LogP) is 4.04. The fourth-order valence-corrected chi connectivity index (χ4v) is 3.76. The molecule has 0 saturated heterocycles. The second-order valence-corrected chi connectivity index (χ2v) is 7.55. The van der Waals surface area contributed by atoms with Gasteiger partial charge in [-0.05, 0) is 25.0 Å². The van der Waals surface area contributed by atoms with Crippen molar-refractivity contribution in [2.24, 2.45) is 5.73 Å². The molecule has 4 rings (SSSR count). The zero-order chi connectivity index (χ0) is 21.1. The van der Waals surface area contributed by atoms with E-state index in [9.17, 15) is 9.18 Å². The van der Waals surface area contributed by atoms with E-state index in [1.165, 1.54) is 31.2 Å². The number of carbonyl (C=O) groups excluding carboxylic acids is 1. The van der Waals surface area contributed by atoms with Gasteiger partial charge in [0.1, 0.15) is 11.6 Å². The monoisotopic (exact) mass is 429 g/mol. The van der Waals surface area contributed by atoms with Crippen molar-refractivity contribution in [2.75, 3.05) is 10.6 Å². The first-order chi connectivity index (χ1) is 14.5. The standard InChI is InChI=1S/C20H21ClFN7O/c21-16-6-3-7-17(22)14(16)9-24-19-15(18(23)30)10-25-20(28-19)27-12-8-26-29(11-12)13-4-1-2-5-13/h3,6-8,10-11,13H,1-2,4-5,9H2,(H2,23,30)(H2,24,25,27,28).